The molecule has 0 aromatic heterocycles. The minimum Gasteiger partial charge on any atom is -0.492 e. The highest BCUT2D eigenvalue weighted by molar-refractivity contribution is 7.92. The molecule has 26 heavy (non-hydrogen) atoms. The van der Waals surface area contributed by atoms with Crippen molar-refractivity contribution in [1.82, 2.24) is 0 Å². The molecule has 0 saturated heterocycles. The van der Waals surface area contributed by atoms with Gasteiger partial charge in [-0.05, 0) is 48.4 Å². The first-order valence-electron chi connectivity index (χ1n) is 7.75. The molecule has 0 heterocycles. The van der Waals surface area contributed by atoms with Crippen molar-refractivity contribution in [2.75, 3.05) is 17.1 Å². The highest BCUT2D eigenvalue weighted by Gasteiger charge is 2.31. The first-order valence-corrected chi connectivity index (χ1v) is 9.40. The molecular weight excluding hydrogens is 371 g/mol. The molecule has 0 atom stereocenters. The molecule has 0 spiro atoms. The first-order chi connectivity index (χ1) is 12.2. The Kier molecular flexibility index (Phi) is 6.36. The summed E-state index contributed by atoms with van der Waals surface area (Å²) in [6.45, 7) is 1.96. The highest BCUT2D eigenvalue weighted by atomic mass is 32.2. The van der Waals surface area contributed by atoms with Crippen LogP contribution >= 0.6 is 0 Å². The van der Waals surface area contributed by atoms with Crippen LogP contribution in [0.2, 0.25) is 0 Å². The number of nitrogens with one attached hydrogen (secondary N) is 1. The number of ether oxygens (including phenoxy) is 2. The average molecular weight is 389 g/mol. The van der Waals surface area contributed by atoms with Gasteiger partial charge >= 0.3 is 6.36 Å². The maximum Gasteiger partial charge on any atom is 0.573 e. The number of anilines is 1. The van der Waals surface area contributed by atoms with E-state index < -0.39 is 22.1 Å². The summed E-state index contributed by atoms with van der Waals surface area (Å²) in [5.41, 5.74) is 1.27. The Bertz CT molecular complexity index is 803. The minimum atomic E-state index is -4.80. The summed E-state index contributed by atoms with van der Waals surface area (Å²) in [7, 11) is -3.70. The number of sulfonamides is 1. The van der Waals surface area contributed by atoms with Crippen molar-refractivity contribution >= 4 is 15.7 Å². The van der Waals surface area contributed by atoms with Gasteiger partial charge in [0.25, 0.3) is 0 Å². The molecule has 1 N–H and O–H groups in total. The lowest BCUT2D eigenvalue weighted by atomic mass is 10.2. The Balaban J connectivity index is 1.85. The van der Waals surface area contributed by atoms with Crippen LogP contribution in [0.4, 0.5) is 18.9 Å². The molecule has 2 rings (SSSR count). The Morgan fingerprint density at radius 1 is 0.962 bits per heavy atom. The summed E-state index contributed by atoms with van der Waals surface area (Å²) in [6.07, 6.45) is -3.90. The number of rotatable bonds is 8. The lowest BCUT2D eigenvalue weighted by molar-refractivity contribution is -0.274. The van der Waals surface area contributed by atoms with Gasteiger partial charge in [-0.25, -0.2) is 8.42 Å². The van der Waals surface area contributed by atoms with Crippen molar-refractivity contribution in [3.05, 3.63) is 54.1 Å². The van der Waals surface area contributed by atoms with Crippen molar-refractivity contribution in [1.29, 1.82) is 0 Å². The summed E-state index contributed by atoms with van der Waals surface area (Å²) in [5.74, 6) is -0.172. The monoisotopic (exact) mass is 389 g/mol. The summed E-state index contributed by atoms with van der Waals surface area (Å²) < 4.78 is 71.6. The number of halogens is 3. The topological polar surface area (TPSA) is 64.6 Å². The number of aryl methyl sites for hydroxylation is 1. The van der Waals surface area contributed by atoms with Crippen LogP contribution in [0, 0.1) is 0 Å². The first kappa shape index (κ1) is 19.9. The van der Waals surface area contributed by atoms with Gasteiger partial charge in [-0.1, -0.05) is 19.1 Å². The SMILES string of the molecule is CCc1ccc(OCCS(=O)(=O)Nc2ccc(OC(F)(F)F)cc2)cc1. The third-order valence-corrected chi connectivity index (χ3v) is 4.56. The van der Waals surface area contributed by atoms with Gasteiger partial charge in [0.05, 0.1) is 0 Å². The maximum absolute atomic E-state index is 12.1. The molecule has 0 aliphatic carbocycles. The van der Waals surface area contributed by atoms with Gasteiger partial charge in [0, 0.05) is 5.69 Å². The van der Waals surface area contributed by atoms with Crippen molar-refractivity contribution in [3.63, 3.8) is 0 Å². The quantitative estimate of drug-likeness (QED) is 0.742. The fraction of sp³-hybridized carbons (Fsp3) is 0.294. The van der Waals surface area contributed by atoms with Crippen molar-refractivity contribution in [2.45, 2.75) is 19.7 Å². The Hall–Kier alpha value is -2.42. The fourth-order valence-electron chi connectivity index (χ4n) is 2.05. The fourth-order valence-corrected chi connectivity index (χ4v) is 2.95. The number of alkyl halides is 3. The van der Waals surface area contributed by atoms with E-state index in [0.29, 0.717) is 5.75 Å². The molecule has 0 amide bonds. The molecule has 2 aromatic carbocycles. The Labute approximate surface area is 149 Å². The molecule has 0 aliphatic heterocycles. The second-order valence-corrected chi connectivity index (χ2v) is 7.18. The molecule has 0 radical (unpaired) electrons. The van der Waals surface area contributed by atoms with E-state index in [1.807, 2.05) is 19.1 Å². The van der Waals surface area contributed by atoms with Crippen LogP contribution in [-0.4, -0.2) is 27.1 Å². The third kappa shape index (κ3) is 6.83. The Morgan fingerprint density at radius 3 is 2.08 bits per heavy atom. The lowest BCUT2D eigenvalue weighted by Crippen LogP contribution is -2.21. The average Bonchev–Trinajstić information content (AvgIpc) is 2.55. The van der Waals surface area contributed by atoms with E-state index in [1.165, 1.54) is 12.1 Å². The lowest BCUT2D eigenvalue weighted by Gasteiger charge is -2.11. The van der Waals surface area contributed by atoms with Crippen LogP contribution in [0.15, 0.2) is 48.5 Å². The normalized spacial score (nSPS) is 11.8. The second-order valence-electron chi connectivity index (χ2n) is 5.34. The van der Waals surface area contributed by atoms with Crippen LogP contribution in [0.3, 0.4) is 0 Å². The number of hydrogen-bond donors (Lipinski definition) is 1. The van der Waals surface area contributed by atoms with Gasteiger partial charge in [0.2, 0.25) is 10.0 Å². The summed E-state index contributed by atoms with van der Waals surface area (Å²) in [4.78, 5) is 0. The van der Waals surface area contributed by atoms with Crippen LogP contribution in [0.1, 0.15) is 12.5 Å². The van der Waals surface area contributed by atoms with Crippen molar-refractivity contribution in [3.8, 4) is 11.5 Å². The van der Waals surface area contributed by atoms with E-state index in [4.69, 9.17) is 4.74 Å². The van der Waals surface area contributed by atoms with Gasteiger partial charge in [-0.3, -0.25) is 4.72 Å². The van der Waals surface area contributed by atoms with Crippen LogP contribution in [0.25, 0.3) is 0 Å². The van der Waals surface area contributed by atoms with E-state index in [-0.39, 0.29) is 18.0 Å². The maximum atomic E-state index is 12.1. The van der Waals surface area contributed by atoms with Crippen LogP contribution in [-0.2, 0) is 16.4 Å². The van der Waals surface area contributed by atoms with Crippen molar-refractivity contribution < 1.29 is 31.1 Å². The van der Waals surface area contributed by atoms with E-state index in [2.05, 4.69) is 9.46 Å². The van der Waals surface area contributed by atoms with Gasteiger partial charge in [0.1, 0.15) is 23.9 Å². The molecule has 5 nitrogen and oxygen atoms in total. The van der Waals surface area contributed by atoms with Crippen LogP contribution < -0.4 is 14.2 Å². The molecule has 0 saturated carbocycles. The summed E-state index contributed by atoms with van der Waals surface area (Å²) in [6, 6.07) is 11.7. The molecule has 9 heteroatoms. The standard InChI is InChI=1S/C17H18F3NO4S/c1-2-13-3-7-15(8-4-13)24-11-12-26(22,23)21-14-5-9-16(10-6-14)25-17(18,19)20/h3-10,21H,2,11-12H2,1H3. The minimum absolute atomic E-state index is 0.0595. The molecule has 0 bridgehead atoms. The predicted octanol–water partition coefficient (Wildman–Crippen LogP) is 3.97. The van der Waals surface area contributed by atoms with Gasteiger partial charge in [0.15, 0.2) is 0 Å². The highest BCUT2D eigenvalue weighted by Crippen LogP contribution is 2.24. The van der Waals surface area contributed by atoms with Gasteiger partial charge in [-0.2, -0.15) is 0 Å². The third-order valence-electron chi connectivity index (χ3n) is 3.31. The summed E-state index contributed by atoms with van der Waals surface area (Å²) >= 11 is 0. The number of hydrogen-bond acceptors (Lipinski definition) is 4. The van der Waals surface area contributed by atoms with Crippen LogP contribution in [0.5, 0.6) is 11.5 Å². The largest absolute Gasteiger partial charge is 0.573 e. The zero-order valence-electron chi connectivity index (χ0n) is 13.9. The Morgan fingerprint density at radius 2 is 1.54 bits per heavy atom. The molecule has 0 aliphatic rings. The van der Waals surface area contributed by atoms with E-state index in [1.54, 1.807) is 12.1 Å². The van der Waals surface area contributed by atoms with Gasteiger partial charge < -0.3 is 9.47 Å². The second kappa shape index (κ2) is 8.31. The summed E-state index contributed by atoms with van der Waals surface area (Å²) in [5, 5.41) is 0. The molecule has 2 aromatic rings. The molecule has 0 fully saturated rings. The predicted molar refractivity (Wildman–Crippen MR) is 91.8 cm³/mol. The van der Waals surface area contributed by atoms with Gasteiger partial charge in [-0.15, -0.1) is 13.2 Å². The van der Waals surface area contributed by atoms with E-state index in [0.717, 1.165) is 24.1 Å². The zero-order valence-corrected chi connectivity index (χ0v) is 14.7. The molecule has 0 unspecified atom stereocenters. The van der Waals surface area contributed by atoms with Crippen molar-refractivity contribution in [2.24, 2.45) is 0 Å². The molecular formula is C17H18F3NO4S. The zero-order chi connectivity index (χ0) is 19.2. The smallest absolute Gasteiger partial charge is 0.492 e. The van der Waals surface area contributed by atoms with E-state index in [9.17, 15) is 21.6 Å². The number of benzene rings is 2. The van der Waals surface area contributed by atoms with E-state index >= 15 is 0 Å². The molecule has 142 valence electrons.